The van der Waals surface area contributed by atoms with Crippen LogP contribution in [0.1, 0.15) is 24.8 Å². The molecule has 1 aromatic carbocycles. The first-order chi connectivity index (χ1) is 12.1. The van der Waals surface area contributed by atoms with E-state index in [-0.39, 0.29) is 12.3 Å². The molecule has 1 unspecified atom stereocenters. The van der Waals surface area contributed by atoms with Gasteiger partial charge in [0.25, 0.3) is 6.35 Å². The zero-order valence-electron chi connectivity index (χ0n) is 13.4. The molecule has 0 saturated heterocycles. The van der Waals surface area contributed by atoms with E-state index in [1.165, 1.54) is 0 Å². The number of nitrogens with two attached hydrogens (primary N) is 1. The minimum Gasteiger partial charge on any atom is -0.454 e. The van der Waals surface area contributed by atoms with Crippen molar-refractivity contribution in [3.05, 3.63) is 59.3 Å². The lowest BCUT2D eigenvalue weighted by Crippen LogP contribution is -2.29. The Labute approximate surface area is 155 Å². The molecule has 3 rings (SSSR count). The predicted molar refractivity (Wildman–Crippen MR) is 96.6 cm³/mol. The van der Waals surface area contributed by atoms with Gasteiger partial charge in [-0.15, -0.1) is 11.6 Å². The molecule has 1 atom stereocenters. The van der Waals surface area contributed by atoms with Crippen LogP contribution in [0.15, 0.2) is 48.7 Å². The average Bonchev–Trinajstić information content (AvgIpc) is 3.22. The second-order valence-corrected chi connectivity index (χ2v) is 6.40. The van der Waals surface area contributed by atoms with Crippen molar-refractivity contribution in [3.63, 3.8) is 0 Å². The topological polar surface area (TPSA) is 73.4 Å². The average molecular weight is 381 g/mol. The Balaban J connectivity index is 2.01. The number of carbonyl (C=O) groups is 1. The molecular weight excluding hydrogens is 363 g/mol. The van der Waals surface area contributed by atoms with E-state index in [1.807, 2.05) is 39.9 Å². The van der Waals surface area contributed by atoms with Gasteiger partial charge in [0.1, 0.15) is 5.76 Å². The maximum atomic E-state index is 11.2. The molecule has 0 fully saturated rings. The van der Waals surface area contributed by atoms with Crippen molar-refractivity contribution in [1.29, 1.82) is 0 Å². The maximum Gasteiger partial charge on any atom is 0.257 e. The van der Waals surface area contributed by atoms with Gasteiger partial charge in [-0.05, 0) is 12.1 Å². The number of amides is 1. The van der Waals surface area contributed by atoms with E-state index in [9.17, 15) is 4.79 Å². The number of rotatable bonds is 7. The molecule has 25 heavy (non-hydrogen) atoms. The van der Waals surface area contributed by atoms with Crippen LogP contribution in [0.5, 0.6) is 0 Å². The molecule has 6 nitrogen and oxygen atoms in total. The van der Waals surface area contributed by atoms with Crippen LogP contribution in [0.4, 0.5) is 0 Å². The quantitative estimate of drug-likeness (QED) is 0.748. The van der Waals surface area contributed by atoms with Crippen LogP contribution in [0.2, 0.25) is 5.02 Å². The van der Waals surface area contributed by atoms with Gasteiger partial charge in [0.05, 0.1) is 12.0 Å². The highest BCUT2D eigenvalue weighted by Crippen LogP contribution is 2.40. The number of ether oxygens (including phenoxy) is 1. The maximum absolute atomic E-state index is 11.2. The summed E-state index contributed by atoms with van der Waals surface area (Å²) < 4.78 is 7.99. The second-order valence-electron chi connectivity index (χ2n) is 5.58. The lowest BCUT2D eigenvalue weighted by atomic mass is 10.1. The molecule has 1 aromatic heterocycles. The minimum absolute atomic E-state index is 0.206. The number of nitrogens with zero attached hydrogens (tertiary/aromatic N) is 3. The fourth-order valence-corrected chi connectivity index (χ4v) is 3.11. The number of benzene rings is 1. The summed E-state index contributed by atoms with van der Waals surface area (Å²) in [5.41, 5.74) is 7.14. The molecule has 1 aliphatic rings. The zero-order chi connectivity index (χ0) is 17.8. The van der Waals surface area contributed by atoms with E-state index < -0.39 is 6.35 Å². The summed E-state index contributed by atoms with van der Waals surface area (Å²) >= 11 is 12.0. The highest BCUT2D eigenvalue weighted by Gasteiger charge is 2.34. The van der Waals surface area contributed by atoms with Crippen LogP contribution in [0.25, 0.3) is 5.70 Å². The molecule has 0 aliphatic carbocycles. The lowest BCUT2D eigenvalue weighted by Gasteiger charge is -2.27. The molecule has 1 aliphatic heterocycles. The van der Waals surface area contributed by atoms with Gasteiger partial charge in [-0.2, -0.15) is 0 Å². The van der Waals surface area contributed by atoms with Crippen molar-refractivity contribution < 1.29 is 9.53 Å². The van der Waals surface area contributed by atoms with Crippen molar-refractivity contribution in [2.75, 3.05) is 12.4 Å². The Kier molecular flexibility index (Phi) is 5.50. The van der Waals surface area contributed by atoms with Crippen molar-refractivity contribution in [3.8, 4) is 0 Å². The van der Waals surface area contributed by atoms with Crippen LogP contribution in [0.3, 0.4) is 0 Å². The summed E-state index contributed by atoms with van der Waals surface area (Å²) in [6.07, 6.45) is 5.40. The van der Waals surface area contributed by atoms with E-state index in [4.69, 9.17) is 33.7 Å². The molecule has 2 heterocycles. The Morgan fingerprint density at radius 3 is 2.68 bits per heavy atom. The van der Waals surface area contributed by atoms with Gasteiger partial charge in [-0.1, -0.05) is 23.7 Å². The summed E-state index contributed by atoms with van der Waals surface area (Å²) in [6.45, 7) is 0.572. The molecule has 8 heteroatoms. The molecule has 0 radical (unpaired) electrons. The van der Waals surface area contributed by atoms with E-state index >= 15 is 0 Å². The van der Waals surface area contributed by atoms with Gasteiger partial charge in [0.2, 0.25) is 5.91 Å². The molecule has 0 bridgehead atoms. The summed E-state index contributed by atoms with van der Waals surface area (Å²) in [4.78, 5) is 17.4. The zero-order valence-corrected chi connectivity index (χ0v) is 15.0. The smallest absolute Gasteiger partial charge is 0.257 e. The summed E-state index contributed by atoms with van der Waals surface area (Å²) in [5, 5.41) is 0.650. The number of aromatic nitrogens is 2. The number of imidazole rings is 1. The Morgan fingerprint density at radius 1 is 1.32 bits per heavy atom. The number of alkyl halides is 1. The van der Waals surface area contributed by atoms with E-state index in [2.05, 4.69) is 4.98 Å². The molecule has 2 N–H and O–H groups in total. The normalized spacial score (nSPS) is 17.0. The number of carbonyl (C=O) groups excluding carboxylic acids is 1. The lowest BCUT2D eigenvalue weighted by molar-refractivity contribution is -0.118. The number of hydrogen-bond acceptors (Lipinski definition) is 4. The van der Waals surface area contributed by atoms with Gasteiger partial charge in [0, 0.05) is 48.2 Å². The third-order valence-corrected chi connectivity index (χ3v) is 4.31. The van der Waals surface area contributed by atoms with Crippen LogP contribution >= 0.6 is 23.2 Å². The van der Waals surface area contributed by atoms with Crippen LogP contribution in [-0.2, 0) is 9.53 Å². The Bertz CT molecular complexity index is 759. The Hall–Kier alpha value is -2.18. The van der Waals surface area contributed by atoms with Crippen molar-refractivity contribution >= 4 is 34.8 Å². The highest BCUT2D eigenvalue weighted by molar-refractivity contribution is 6.30. The fourth-order valence-electron chi connectivity index (χ4n) is 2.80. The predicted octanol–water partition coefficient (Wildman–Crippen LogP) is 3.20. The van der Waals surface area contributed by atoms with E-state index in [0.717, 1.165) is 11.3 Å². The Morgan fingerprint density at radius 2 is 2.08 bits per heavy atom. The first kappa shape index (κ1) is 17.6. The molecule has 132 valence electrons. The van der Waals surface area contributed by atoms with Crippen molar-refractivity contribution in [2.45, 2.75) is 19.2 Å². The first-order valence-corrected chi connectivity index (χ1v) is 8.75. The second kappa shape index (κ2) is 7.80. The van der Waals surface area contributed by atoms with Gasteiger partial charge in [-0.25, -0.2) is 4.98 Å². The van der Waals surface area contributed by atoms with Crippen molar-refractivity contribution in [1.82, 2.24) is 14.5 Å². The third kappa shape index (κ3) is 3.91. The standard InChI is InChI=1S/C17H18Cl2N4O2/c18-7-9-23-16(12-1-3-13(19)4-2-12)14(5-6-15(20)24)25-17(23)22-10-8-21-11-22/h1-4,8,10-11,17H,5-7,9H2,(H2,20,24). The molecule has 2 aromatic rings. The van der Waals surface area contributed by atoms with Gasteiger partial charge in [-0.3, -0.25) is 9.36 Å². The monoisotopic (exact) mass is 380 g/mol. The summed E-state index contributed by atoms with van der Waals surface area (Å²) in [5.74, 6) is 0.751. The molecule has 1 amide bonds. The van der Waals surface area contributed by atoms with Gasteiger partial charge in [0.15, 0.2) is 0 Å². The molecule has 0 spiro atoms. The number of halogens is 2. The van der Waals surface area contributed by atoms with Gasteiger partial charge < -0.3 is 15.4 Å². The summed E-state index contributed by atoms with van der Waals surface area (Å²) in [7, 11) is 0. The first-order valence-electron chi connectivity index (χ1n) is 7.84. The third-order valence-electron chi connectivity index (χ3n) is 3.89. The fraction of sp³-hybridized carbons (Fsp3) is 0.294. The van der Waals surface area contributed by atoms with Crippen LogP contribution in [0, 0.1) is 0 Å². The minimum atomic E-state index is -0.408. The largest absolute Gasteiger partial charge is 0.454 e. The van der Waals surface area contributed by atoms with E-state index in [0.29, 0.717) is 29.6 Å². The SMILES string of the molecule is NC(=O)CCC1=C(c2ccc(Cl)cc2)N(CCCl)C(n2ccnc2)O1. The van der Waals surface area contributed by atoms with E-state index in [1.54, 1.807) is 12.5 Å². The van der Waals surface area contributed by atoms with Crippen LogP contribution in [-0.4, -0.2) is 32.8 Å². The van der Waals surface area contributed by atoms with Crippen molar-refractivity contribution in [2.24, 2.45) is 5.73 Å². The number of primary amides is 1. The van der Waals surface area contributed by atoms with Crippen LogP contribution < -0.4 is 5.73 Å². The summed E-state index contributed by atoms with van der Waals surface area (Å²) in [6, 6.07) is 7.48. The number of hydrogen-bond donors (Lipinski definition) is 1. The molecular formula is C17H18Cl2N4O2. The highest BCUT2D eigenvalue weighted by atomic mass is 35.5. The van der Waals surface area contributed by atoms with Gasteiger partial charge >= 0.3 is 0 Å². The molecule has 0 saturated carbocycles. The number of allylic oxidation sites excluding steroid dienone is 1.